The van der Waals surface area contributed by atoms with Gasteiger partial charge in [0.15, 0.2) is 0 Å². The van der Waals surface area contributed by atoms with Crippen molar-refractivity contribution in [2.75, 3.05) is 5.73 Å². The number of nitro groups is 1. The molecular weight excluding hydrogens is 364 g/mol. The van der Waals surface area contributed by atoms with Crippen LogP contribution in [0.5, 0.6) is 0 Å². The number of aliphatic carboxylic acids is 2. The normalized spacial score (nSPS) is 11.4. The van der Waals surface area contributed by atoms with Gasteiger partial charge in [-0.15, -0.1) is 0 Å². The van der Waals surface area contributed by atoms with Crippen LogP contribution >= 0.6 is 0 Å². The number of carbonyl (C=O) groups is 2. The molecule has 0 saturated carbocycles. The van der Waals surface area contributed by atoms with Crippen molar-refractivity contribution in [3.63, 3.8) is 0 Å². The second kappa shape index (κ2) is 12.1. The van der Waals surface area contributed by atoms with Crippen LogP contribution in [0.15, 0.2) is 48.5 Å². The summed E-state index contributed by atoms with van der Waals surface area (Å²) in [6, 6.07) is 12.4. The van der Waals surface area contributed by atoms with E-state index >= 15 is 0 Å². The van der Waals surface area contributed by atoms with Crippen molar-refractivity contribution in [1.29, 1.82) is 0 Å². The first-order valence-electron chi connectivity index (χ1n) is 7.69. The predicted octanol–water partition coefficient (Wildman–Crippen LogP) is 4.51. The minimum atomic E-state index is -0.946. The second-order valence-corrected chi connectivity index (χ2v) is 5.64. The minimum Gasteiger partial charge on any atom is -0.481 e. The van der Waals surface area contributed by atoms with Crippen LogP contribution in [0.2, 0.25) is 0 Å². The Morgan fingerprint density at radius 2 is 1.18 bits per heavy atom. The fourth-order valence-corrected chi connectivity index (χ4v) is 1.95. The molecule has 0 aromatic heterocycles. The molecule has 8 nitrogen and oxygen atoms in total. The zero-order valence-electron chi connectivity index (χ0n) is 14.3. The van der Waals surface area contributed by atoms with Gasteiger partial charge in [0.2, 0.25) is 0 Å². The van der Waals surface area contributed by atoms with Crippen LogP contribution in [0, 0.1) is 10.1 Å². The molecule has 2 unspecified atom stereocenters. The van der Waals surface area contributed by atoms with Gasteiger partial charge in [-0.1, -0.05) is 39.1 Å². The summed E-state index contributed by atoms with van der Waals surface area (Å²) in [7, 11) is 0. The van der Waals surface area contributed by atoms with Crippen molar-refractivity contribution in [2.24, 2.45) is 0 Å². The number of hydrogen-bond acceptors (Lipinski definition) is 5. The molecule has 0 spiro atoms. The van der Waals surface area contributed by atoms with E-state index in [4.69, 9.17) is 15.9 Å². The number of benzene rings is 2. The number of anilines is 1. The number of nitro benzene ring substituents is 1. The lowest BCUT2D eigenvalue weighted by Crippen LogP contribution is -2.07. The van der Waals surface area contributed by atoms with Crippen molar-refractivity contribution < 1.29 is 24.7 Å². The third kappa shape index (κ3) is 7.86. The fraction of sp³-hybridized carbons (Fsp3) is 0.300. The van der Waals surface area contributed by atoms with E-state index < -0.39 is 28.7 Å². The topological polar surface area (TPSA) is 144 Å². The summed E-state index contributed by atoms with van der Waals surface area (Å²) in [5, 5.41) is 27.7. The summed E-state index contributed by atoms with van der Waals surface area (Å²) in [5.41, 5.74) is 7.40. The fourth-order valence-electron chi connectivity index (χ4n) is 1.95. The van der Waals surface area contributed by atoms with Gasteiger partial charge in [-0.3, -0.25) is 19.7 Å². The molecule has 4 N–H and O–H groups in total. The van der Waals surface area contributed by atoms with E-state index in [0.29, 0.717) is 11.3 Å². The average molecular weight is 392 g/mol. The van der Waals surface area contributed by atoms with E-state index in [1.807, 2.05) is 0 Å². The average Bonchev–Trinajstić information content (AvgIpc) is 2.61. The monoisotopic (exact) mass is 392 g/mol. The number of carboxylic acid groups (broad SMARTS) is 2. The van der Waals surface area contributed by atoms with Gasteiger partial charge in [0, 0.05) is 17.8 Å². The maximum absolute atomic E-state index is 10.6. The zero-order valence-corrected chi connectivity index (χ0v) is 14.3. The van der Waals surface area contributed by atoms with Crippen molar-refractivity contribution in [1.82, 2.24) is 0 Å². The summed E-state index contributed by atoms with van der Waals surface area (Å²) in [6.07, 6.45) is 0. The van der Waals surface area contributed by atoms with Gasteiger partial charge in [0.1, 0.15) is 0 Å². The SMILES string of the molecule is C.C.CC(C(=O)O)c1ccc(N)cc1.CC(C(=O)O)c1ccc([N+](=O)[O-])cc1. The lowest BCUT2D eigenvalue weighted by Gasteiger charge is -2.05. The number of non-ortho nitro benzene ring substituents is 1. The molecule has 0 bridgehead atoms. The van der Waals surface area contributed by atoms with Crippen LogP contribution in [0.25, 0.3) is 0 Å². The van der Waals surface area contributed by atoms with Gasteiger partial charge >= 0.3 is 11.9 Å². The van der Waals surface area contributed by atoms with E-state index in [0.717, 1.165) is 5.56 Å². The summed E-state index contributed by atoms with van der Waals surface area (Å²) in [6.45, 7) is 3.18. The standard InChI is InChI=1S/C9H9NO4.C9H11NO2.2CH4/c1-6(9(11)12)7-2-4-8(5-3-7)10(13)14;1-6(9(11)12)7-2-4-8(10)5-3-7;;/h2-6H,1H3,(H,11,12);2-6H,10H2,1H3,(H,11,12);2*1H4. The van der Waals surface area contributed by atoms with Gasteiger partial charge in [0.05, 0.1) is 16.8 Å². The zero-order chi connectivity index (χ0) is 19.9. The Hall–Kier alpha value is -3.42. The first-order chi connectivity index (χ1) is 12.1. The van der Waals surface area contributed by atoms with Crippen molar-refractivity contribution in [3.8, 4) is 0 Å². The van der Waals surface area contributed by atoms with Crippen LogP contribution < -0.4 is 5.73 Å². The molecule has 0 aliphatic heterocycles. The highest BCUT2D eigenvalue weighted by Gasteiger charge is 2.14. The molecule has 0 aliphatic carbocycles. The third-order valence-corrected chi connectivity index (χ3v) is 3.78. The first kappa shape index (κ1) is 26.8. The summed E-state index contributed by atoms with van der Waals surface area (Å²) in [4.78, 5) is 30.9. The number of nitrogens with zero attached hydrogens (tertiary/aromatic N) is 1. The molecule has 0 saturated heterocycles. The lowest BCUT2D eigenvalue weighted by atomic mass is 10.0. The van der Waals surface area contributed by atoms with Crippen LogP contribution in [-0.4, -0.2) is 27.1 Å². The molecule has 2 atom stereocenters. The summed E-state index contributed by atoms with van der Waals surface area (Å²) in [5.74, 6) is -2.87. The van der Waals surface area contributed by atoms with E-state index in [1.54, 1.807) is 31.2 Å². The molecule has 2 aromatic carbocycles. The molecular formula is C20H28N2O6. The molecule has 154 valence electrons. The Morgan fingerprint density at radius 3 is 1.46 bits per heavy atom. The summed E-state index contributed by atoms with van der Waals surface area (Å²) >= 11 is 0. The molecule has 0 aliphatic rings. The van der Waals surface area contributed by atoms with Crippen LogP contribution in [-0.2, 0) is 9.59 Å². The molecule has 8 heteroatoms. The lowest BCUT2D eigenvalue weighted by molar-refractivity contribution is -0.384. The van der Waals surface area contributed by atoms with Crippen molar-refractivity contribution >= 4 is 23.3 Å². The number of carboxylic acids is 2. The Balaban J connectivity index is 0. The summed E-state index contributed by atoms with van der Waals surface area (Å²) < 4.78 is 0. The quantitative estimate of drug-likeness (QED) is 0.385. The Bertz CT molecular complexity index is 772. The van der Waals surface area contributed by atoms with Gasteiger partial charge in [0.25, 0.3) is 5.69 Å². The molecule has 0 radical (unpaired) electrons. The molecule has 28 heavy (non-hydrogen) atoms. The molecule has 0 amide bonds. The van der Waals surface area contributed by atoms with Crippen LogP contribution in [0.3, 0.4) is 0 Å². The number of hydrogen-bond donors (Lipinski definition) is 3. The highest BCUT2D eigenvalue weighted by Crippen LogP contribution is 2.19. The minimum absolute atomic E-state index is 0. The second-order valence-electron chi connectivity index (χ2n) is 5.64. The molecule has 0 fully saturated rings. The Morgan fingerprint density at radius 1 is 0.857 bits per heavy atom. The van der Waals surface area contributed by atoms with Crippen LogP contribution in [0.1, 0.15) is 51.7 Å². The highest BCUT2D eigenvalue weighted by molar-refractivity contribution is 5.76. The van der Waals surface area contributed by atoms with Crippen molar-refractivity contribution in [2.45, 2.75) is 40.5 Å². The number of rotatable bonds is 5. The van der Waals surface area contributed by atoms with Crippen molar-refractivity contribution in [3.05, 3.63) is 69.8 Å². The molecule has 2 rings (SSSR count). The van der Waals surface area contributed by atoms with Crippen LogP contribution in [0.4, 0.5) is 11.4 Å². The maximum Gasteiger partial charge on any atom is 0.310 e. The Labute approximate surface area is 164 Å². The first-order valence-corrected chi connectivity index (χ1v) is 7.69. The third-order valence-electron chi connectivity index (χ3n) is 3.78. The van der Waals surface area contributed by atoms with Gasteiger partial charge < -0.3 is 15.9 Å². The molecule has 2 aromatic rings. The van der Waals surface area contributed by atoms with E-state index in [-0.39, 0.29) is 20.5 Å². The Kier molecular flexibility index (Phi) is 11.5. The largest absolute Gasteiger partial charge is 0.481 e. The maximum atomic E-state index is 10.6. The van der Waals surface area contributed by atoms with Gasteiger partial charge in [-0.05, 0) is 37.1 Å². The van der Waals surface area contributed by atoms with E-state index in [9.17, 15) is 19.7 Å². The predicted molar refractivity (Wildman–Crippen MR) is 110 cm³/mol. The van der Waals surface area contributed by atoms with E-state index in [2.05, 4.69) is 0 Å². The van der Waals surface area contributed by atoms with Gasteiger partial charge in [-0.25, -0.2) is 0 Å². The number of nitrogen functional groups attached to an aromatic ring is 1. The smallest absolute Gasteiger partial charge is 0.310 e. The molecule has 0 heterocycles. The highest BCUT2D eigenvalue weighted by atomic mass is 16.6. The van der Waals surface area contributed by atoms with E-state index in [1.165, 1.54) is 31.2 Å². The number of nitrogens with two attached hydrogens (primary N) is 1. The van der Waals surface area contributed by atoms with Gasteiger partial charge in [-0.2, -0.15) is 0 Å².